The Kier molecular flexibility index (Phi) is 5.12. The maximum atomic E-state index is 13.2. The lowest BCUT2D eigenvalue weighted by atomic mass is 9.74. The molecule has 2 N–H and O–H groups in total. The summed E-state index contributed by atoms with van der Waals surface area (Å²) in [5.74, 6) is -0.449. The Labute approximate surface area is 134 Å². The number of anilines is 1. The molecule has 1 atom stereocenters. The molecular weight excluding hydrogens is 314 g/mol. The van der Waals surface area contributed by atoms with Crippen molar-refractivity contribution in [3.63, 3.8) is 0 Å². The van der Waals surface area contributed by atoms with Crippen molar-refractivity contribution in [1.29, 1.82) is 0 Å². The van der Waals surface area contributed by atoms with Crippen LogP contribution in [0.15, 0.2) is 12.1 Å². The zero-order chi connectivity index (χ0) is 15.6. The third-order valence-corrected chi connectivity index (χ3v) is 4.74. The topological polar surface area (TPSA) is 41.1 Å². The van der Waals surface area contributed by atoms with Gasteiger partial charge in [-0.1, -0.05) is 37.0 Å². The van der Waals surface area contributed by atoms with E-state index in [1.54, 1.807) is 0 Å². The van der Waals surface area contributed by atoms with Crippen LogP contribution in [0.3, 0.4) is 0 Å². The van der Waals surface area contributed by atoms with Crippen LogP contribution in [-0.4, -0.2) is 19.0 Å². The Morgan fingerprint density at radius 1 is 1.38 bits per heavy atom. The van der Waals surface area contributed by atoms with E-state index in [1.165, 1.54) is 0 Å². The van der Waals surface area contributed by atoms with Gasteiger partial charge in [0.25, 0.3) is 0 Å². The van der Waals surface area contributed by atoms with Crippen molar-refractivity contribution in [1.82, 2.24) is 5.32 Å². The van der Waals surface area contributed by atoms with Crippen LogP contribution in [0, 0.1) is 17.2 Å². The van der Waals surface area contributed by atoms with Crippen molar-refractivity contribution in [2.75, 3.05) is 18.4 Å². The van der Waals surface area contributed by atoms with Gasteiger partial charge in [0.2, 0.25) is 5.91 Å². The van der Waals surface area contributed by atoms with Gasteiger partial charge in [0, 0.05) is 5.41 Å². The minimum Gasteiger partial charge on any atom is -0.323 e. The molecule has 0 aromatic heterocycles. The highest BCUT2D eigenvalue weighted by Crippen LogP contribution is 2.36. The highest BCUT2D eigenvalue weighted by molar-refractivity contribution is 6.39. The molecule has 0 bridgehead atoms. The Morgan fingerprint density at radius 2 is 2.00 bits per heavy atom. The largest absolute Gasteiger partial charge is 0.323 e. The first-order chi connectivity index (χ1) is 9.82. The van der Waals surface area contributed by atoms with Gasteiger partial charge in [-0.05, 0) is 44.0 Å². The fourth-order valence-electron chi connectivity index (χ4n) is 2.59. The lowest BCUT2D eigenvalue weighted by Crippen LogP contribution is -2.44. The molecule has 1 fully saturated rings. The van der Waals surface area contributed by atoms with Crippen molar-refractivity contribution in [2.24, 2.45) is 11.3 Å². The quantitative estimate of drug-likeness (QED) is 0.874. The van der Waals surface area contributed by atoms with Gasteiger partial charge in [-0.15, -0.1) is 0 Å². The van der Waals surface area contributed by atoms with Gasteiger partial charge in [0.15, 0.2) is 0 Å². The number of carbonyl (C=O) groups is 1. The molecule has 21 heavy (non-hydrogen) atoms. The average Bonchev–Trinajstić information content (AvgIpc) is 2.43. The Balaban J connectivity index is 2.17. The molecule has 0 saturated carbocycles. The number of benzene rings is 1. The molecule has 1 aromatic carbocycles. The number of nitrogens with one attached hydrogen (secondary N) is 2. The molecule has 0 spiro atoms. The lowest BCUT2D eigenvalue weighted by Gasteiger charge is -2.36. The summed E-state index contributed by atoms with van der Waals surface area (Å²) in [7, 11) is 0. The average molecular weight is 333 g/mol. The standard InChI is InChI=1S/C15H19Cl2FN2O/c1-15(2,9-4-3-5-19-8-9)14(21)20-13-11(16)6-10(18)7-12(13)17/h6-7,9,19H,3-5,8H2,1-2H3,(H,20,21). The molecule has 1 aliphatic heterocycles. The maximum absolute atomic E-state index is 13.2. The van der Waals surface area contributed by atoms with Crippen LogP contribution in [0.1, 0.15) is 26.7 Å². The molecule has 3 nitrogen and oxygen atoms in total. The van der Waals surface area contributed by atoms with Gasteiger partial charge in [-0.2, -0.15) is 0 Å². The first-order valence-corrected chi connectivity index (χ1v) is 7.74. The molecule has 2 rings (SSSR count). The molecule has 6 heteroatoms. The first-order valence-electron chi connectivity index (χ1n) is 6.99. The molecule has 1 saturated heterocycles. The van der Waals surface area contributed by atoms with E-state index in [4.69, 9.17) is 23.2 Å². The third kappa shape index (κ3) is 3.68. The summed E-state index contributed by atoms with van der Waals surface area (Å²) in [6.45, 7) is 5.62. The molecule has 1 heterocycles. The van der Waals surface area contributed by atoms with Gasteiger partial charge >= 0.3 is 0 Å². The van der Waals surface area contributed by atoms with Crippen molar-refractivity contribution in [3.8, 4) is 0 Å². The Bertz CT molecular complexity index is 519. The number of hydrogen-bond donors (Lipinski definition) is 2. The normalized spacial score (nSPS) is 19.4. The predicted octanol–water partition coefficient (Wildman–Crippen LogP) is 4.10. The van der Waals surface area contributed by atoms with E-state index in [9.17, 15) is 9.18 Å². The van der Waals surface area contributed by atoms with Crippen LogP contribution in [0.2, 0.25) is 10.0 Å². The fraction of sp³-hybridized carbons (Fsp3) is 0.533. The van der Waals surface area contributed by atoms with E-state index in [2.05, 4.69) is 10.6 Å². The van der Waals surface area contributed by atoms with E-state index >= 15 is 0 Å². The highest BCUT2D eigenvalue weighted by atomic mass is 35.5. The molecule has 0 aliphatic carbocycles. The van der Waals surface area contributed by atoms with E-state index in [1.807, 2.05) is 13.8 Å². The van der Waals surface area contributed by atoms with Crippen LogP contribution >= 0.6 is 23.2 Å². The minimum absolute atomic E-state index is 0.103. The van der Waals surface area contributed by atoms with Gasteiger partial charge in [-0.25, -0.2) is 4.39 Å². The van der Waals surface area contributed by atoms with Gasteiger partial charge in [0.1, 0.15) is 5.82 Å². The number of rotatable bonds is 3. The molecule has 1 aliphatic rings. The van der Waals surface area contributed by atoms with Crippen LogP contribution < -0.4 is 10.6 Å². The van der Waals surface area contributed by atoms with Crippen LogP contribution in [0.4, 0.5) is 10.1 Å². The molecular formula is C15H19Cl2FN2O. The second kappa shape index (κ2) is 6.51. The van der Waals surface area contributed by atoms with Crippen LogP contribution in [-0.2, 0) is 4.79 Å². The SMILES string of the molecule is CC(C)(C(=O)Nc1c(Cl)cc(F)cc1Cl)C1CCCNC1. The highest BCUT2D eigenvalue weighted by Gasteiger charge is 2.37. The molecule has 1 unspecified atom stereocenters. The van der Waals surface area contributed by atoms with E-state index < -0.39 is 11.2 Å². The summed E-state index contributed by atoms with van der Waals surface area (Å²) in [5.41, 5.74) is -0.296. The summed E-state index contributed by atoms with van der Waals surface area (Å²) < 4.78 is 13.2. The second-order valence-electron chi connectivity index (χ2n) is 5.96. The number of halogens is 3. The lowest BCUT2D eigenvalue weighted by molar-refractivity contribution is -0.127. The van der Waals surface area contributed by atoms with Gasteiger partial charge < -0.3 is 10.6 Å². The summed E-state index contributed by atoms with van der Waals surface area (Å²) >= 11 is 11.9. The second-order valence-corrected chi connectivity index (χ2v) is 6.78. The molecule has 0 radical (unpaired) electrons. The summed E-state index contributed by atoms with van der Waals surface area (Å²) in [6, 6.07) is 2.27. The number of hydrogen-bond acceptors (Lipinski definition) is 2. The summed E-state index contributed by atoms with van der Waals surface area (Å²) in [6.07, 6.45) is 2.05. The van der Waals surface area contributed by atoms with Crippen LogP contribution in [0.25, 0.3) is 0 Å². The summed E-state index contributed by atoms with van der Waals surface area (Å²) in [4.78, 5) is 12.6. The zero-order valence-electron chi connectivity index (χ0n) is 12.1. The van der Waals surface area contributed by atoms with Crippen LogP contribution in [0.5, 0.6) is 0 Å². The maximum Gasteiger partial charge on any atom is 0.230 e. The zero-order valence-corrected chi connectivity index (χ0v) is 13.6. The smallest absolute Gasteiger partial charge is 0.230 e. The van der Waals surface area contributed by atoms with Crippen molar-refractivity contribution >= 4 is 34.8 Å². The Hall–Kier alpha value is -0.840. The molecule has 116 valence electrons. The van der Waals surface area contributed by atoms with E-state index in [0.717, 1.165) is 38.1 Å². The van der Waals surface area contributed by atoms with Crippen molar-refractivity contribution in [2.45, 2.75) is 26.7 Å². The first kappa shape index (κ1) is 16.5. The van der Waals surface area contributed by atoms with Crippen molar-refractivity contribution in [3.05, 3.63) is 28.0 Å². The number of amides is 1. The summed E-state index contributed by atoms with van der Waals surface area (Å²) in [5, 5.41) is 6.26. The minimum atomic E-state index is -0.561. The van der Waals surface area contributed by atoms with Gasteiger partial charge in [-0.3, -0.25) is 4.79 Å². The fourth-order valence-corrected chi connectivity index (χ4v) is 3.14. The third-order valence-electron chi connectivity index (χ3n) is 4.15. The van der Waals surface area contributed by atoms with Crippen molar-refractivity contribution < 1.29 is 9.18 Å². The van der Waals surface area contributed by atoms with E-state index in [0.29, 0.717) is 0 Å². The van der Waals surface area contributed by atoms with Gasteiger partial charge in [0.05, 0.1) is 15.7 Å². The van der Waals surface area contributed by atoms with E-state index in [-0.39, 0.29) is 27.6 Å². The number of carbonyl (C=O) groups excluding carboxylic acids is 1. The number of piperidine rings is 1. The molecule has 1 amide bonds. The Morgan fingerprint density at radius 3 is 2.52 bits per heavy atom. The predicted molar refractivity (Wildman–Crippen MR) is 84.4 cm³/mol. The molecule has 1 aromatic rings. The monoisotopic (exact) mass is 332 g/mol.